The lowest BCUT2D eigenvalue weighted by Crippen LogP contribution is -2.37. The van der Waals surface area contributed by atoms with Crippen LogP contribution in [0.3, 0.4) is 0 Å². The highest BCUT2D eigenvalue weighted by Gasteiger charge is 2.39. The van der Waals surface area contributed by atoms with Crippen molar-refractivity contribution in [2.75, 3.05) is 28.1 Å². The van der Waals surface area contributed by atoms with Gasteiger partial charge in [-0.3, -0.25) is 0 Å². The molecule has 0 atom stereocenters. The number of nitrogens with one attached hydrogen (secondary N) is 2. The minimum atomic E-state index is 0.298. The van der Waals surface area contributed by atoms with E-state index in [1.54, 1.807) is 0 Å². The van der Waals surface area contributed by atoms with Crippen LogP contribution in [-0.4, -0.2) is 48.0 Å². The van der Waals surface area contributed by atoms with Crippen molar-refractivity contribution in [3.8, 4) is 22.3 Å². The molecule has 2 saturated heterocycles. The first-order valence-corrected chi connectivity index (χ1v) is 23.2. The Kier molecular flexibility index (Phi) is 10.4. The molecule has 8 bridgehead atoms. The molecule has 0 saturated carbocycles. The van der Waals surface area contributed by atoms with Crippen LogP contribution in [0.1, 0.15) is 71.1 Å². The zero-order valence-electron chi connectivity index (χ0n) is 30.1. The molecule has 5 aromatic rings. The van der Waals surface area contributed by atoms with Gasteiger partial charge in [-0.05, 0) is 72.5 Å². The Morgan fingerprint density at radius 1 is 0.585 bits per heavy atom. The molecule has 2 N–H and O–H groups in total. The van der Waals surface area contributed by atoms with Crippen molar-refractivity contribution in [2.45, 2.75) is 43.6 Å². The Morgan fingerprint density at radius 3 is 1.62 bits per heavy atom. The average Bonchev–Trinajstić information content (AvgIpc) is 4.04. The minimum absolute atomic E-state index is 0.298. The van der Waals surface area contributed by atoms with Gasteiger partial charge in [-0.2, -0.15) is 23.5 Å². The van der Waals surface area contributed by atoms with E-state index >= 15 is 0 Å². The molecule has 1 spiro atoms. The van der Waals surface area contributed by atoms with Crippen LogP contribution in [0.25, 0.3) is 68.6 Å². The number of benzene rings is 2. The van der Waals surface area contributed by atoms with Crippen LogP contribution in [0.15, 0.2) is 84.9 Å². The van der Waals surface area contributed by atoms with Gasteiger partial charge in [0.25, 0.3) is 0 Å². The maximum Gasteiger partial charge on any atom is 0.0792 e. The Morgan fingerprint density at radius 2 is 1.09 bits per heavy atom. The van der Waals surface area contributed by atoms with Gasteiger partial charge in [0.1, 0.15) is 0 Å². The molecular weight excluding hydrogens is 725 g/mol. The van der Waals surface area contributed by atoms with Crippen LogP contribution >= 0.6 is 47.0 Å². The summed E-state index contributed by atoms with van der Waals surface area (Å²) in [7, 11) is 0. The number of thioether (sulfide) groups is 4. The van der Waals surface area contributed by atoms with Crippen LogP contribution < -0.4 is 0 Å². The van der Waals surface area contributed by atoms with Crippen molar-refractivity contribution in [3.05, 3.63) is 119 Å². The zero-order valence-corrected chi connectivity index (χ0v) is 33.3. The third-order valence-corrected chi connectivity index (χ3v) is 17.0. The third kappa shape index (κ3) is 7.20. The zero-order chi connectivity index (χ0) is 35.6. The highest BCUT2D eigenvalue weighted by atomic mass is 32.2. The maximum atomic E-state index is 5.42. The Labute approximate surface area is 329 Å². The van der Waals surface area contributed by atoms with Crippen LogP contribution in [-0.2, 0) is 6.42 Å². The molecule has 4 nitrogen and oxygen atoms in total. The molecule has 0 radical (unpaired) electrons. The fourth-order valence-corrected chi connectivity index (χ4v) is 14.5. The molecule has 0 aliphatic carbocycles. The van der Waals surface area contributed by atoms with Gasteiger partial charge in [0, 0.05) is 77.8 Å². The van der Waals surface area contributed by atoms with E-state index < -0.39 is 0 Å². The predicted molar refractivity (Wildman–Crippen MR) is 237 cm³/mol. The van der Waals surface area contributed by atoms with Crippen molar-refractivity contribution < 1.29 is 0 Å². The van der Waals surface area contributed by atoms with Crippen molar-refractivity contribution in [1.82, 2.24) is 19.9 Å². The summed E-state index contributed by atoms with van der Waals surface area (Å²) < 4.78 is 0.298. The predicted octanol–water partition coefficient (Wildman–Crippen LogP) is 13.0. The number of hydrogen-bond donors (Lipinski definition) is 2. The molecule has 4 aliphatic rings. The van der Waals surface area contributed by atoms with Crippen LogP contribution in [0, 0.1) is 5.41 Å². The SMILES string of the molecule is CCCCCCc1c2nc(c(-c3ccccc3)c3ccc([nH]3)c(C3SCC4(CSCSC4)CS3)c3ccc([nH]3)c(-c3ccccc3)c3nc1C=C3)C=C2. The summed E-state index contributed by atoms with van der Waals surface area (Å²) in [4.78, 5) is 18.8. The van der Waals surface area contributed by atoms with Crippen LogP contribution in [0.2, 0.25) is 0 Å². The van der Waals surface area contributed by atoms with Crippen LogP contribution in [0.5, 0.6) is 0 Å². The number of H-pyrrole nitrogens is 2. The van der Waals surface area contributed by atoms with Gasteiger partial charge in [-0.15, -0.1) is 23.5 Å². The molecular formula is C45H44N4S4. The molecule has 3 aromatic heterocycles. The summed E-state index contributed by atoms with van der Waals surface area (Å²) in [6, 6.07) is 30.6. The summed E-state index contributed by atoms with van der Waals surface area (Å²) in [6.07, 6.45) is 14.6. The molecule has 0 amide bonds. The first-order chi connectivity index (χ1) is 26.2. The van der Waals surface area contributed by atoms with E-state index in [0.717, 1.165) is 79.9 Å². The molecule has 2 aromatic carbocycles. The summed E-state index contributed by atoms with van der Waals surface area (Å²) in [5, 5.41) is 1.23. The first-order valence-electron chi connectivity index (χ1n) is 18.8. The first kappa shape index (κ1) is 35.2. The number of fused-ring (bicyclic) bond motifs is 8. The van der Waals surface area contributed by atoms with Gasteiger partial charge in [-0.1, -0.05) is 86.8 Å². The standard InChI is InChI=1S/C45H44N4S4/c1-2-3-4-11-16-32-33-17-19-35(46-33)41(30-12-7-5-8-13-30)37-21-23-39(48-37)43(44-52-27-45(28-53-44)25-50-29-51-26-45)40-24-22-38(49-40)42(31-14-9-6-10-15-31)36-20-18-34(32)47-36/h5-10,12-15,17-24,44,48-49H,2-4,11,16,25-29H2,1H3. The van der Waals surface area contributed by atoms with Gasteiger partial charge in [0.2, 0.25) is 0 Å². The Balaban J connectivity index is 1.32. The lowest BCUT2D eigenvalue weighted by Gasteiger charge is -2.41. The minimum Gasteiger partial charge on any atom is -0.355 e. The number of unbranched alkanes of at least 4 members (excludes halogenated alkanes) is 3. The summed E-state index contributed by atoms with van der Waals surface area (Å²) >= 11 is 8.49. The molecule has 53 heavy (non-hydrogen) atoms. The molecule has 2 fully saturated rings. The van der Waals surface area contributed by atoms with E-state index in [1.165, 1.54) is 58.5 Å². The Hall–Kier alpha value is -3.56. The van der Waals surface area contributed by atoms with Gasteiger partial charge < -0.3 is 9.97 Å². The lowest BCUT2D eigenvalue weighted by molar-refractivity contribution is 0.510. The molecule has 0 unspecified atom stereocenters. The van der Waals surface area contributed by atoms with Crippen molar-refractivity contribution in [3.63, 3.8) is 0 Å². The summed E-state index contributed by atoms with van der Waals surface area (Å²) in [6.45, 7) is 2.27. The molecule has 4 aliphatic heterocycles. The largest absolute Gasteiger partial charge is 0.355 e. The van der Waals surface area contributed by atoms with E-state index in [1.807, 2.05) is 0 Å². The maximum absolute atomic E-state index is 5.42. The fraction of sp³-hybridized carbons (Fsp3) is 0.289. The van der Waals surface area contributed by atoms with Gasteiger partial charge in [-0.25, -0.2) is 9.97 Å². The second-order valence-corrected chi connectivity index (χ2v) is 19.3. The highest BCUT2D eigenvalue weighted by Crippen LogP contribution is 2.54. The number of hydrogen-bond acceptors (Lipinski definition) is 6. The van der Waals surface area contributed by atoms with E-state index in [0.29, 0.717) is 10.00 Å². The van der Waals surface area contributed by atoms with E-state index in [2.05, 4.69) is 173 Å². The van der Waals surface area contributed by atoms with Crippen molar-refractivity contribution in [1.29, 1.82) is 0 Å². The number of aromatic amines is 2. The third-order valence-electron chi connectivity index (χ3n) is 10.6. The average molecular weight is 769 g/mol. The van der Waals surface area contributed by atoms with Gasteiger partial charge in [0.05, 0.1) is 27.4 Å². The summed E-state index contributed by atoms with van der Waals surface area (Å²) in [5.74, 6) is 4.92. The molecule has 7 heterocycles. The van der Waals surface area contributed by atoms with Gasteiger partial charge in [0.15, 0.2) is 0 Å². The van der Waals surface area contributed by atoms with Crippen molar-refractivity contribution in [2.24, 2.45) is 5.41 Å². The quantitative estimate of drug-likeness (QED) is 0.150. The van der Waals surface area contributed by atoms with E-state index in [-0.39, 0.29) is 0 Å². The number of rotatable bonds is 8. The second-order valence-electron chi connectivity index (χ2n) is 14.5. The normalized spacial score (nSPS) is 16.8. The fourth-order valence-electron chi connectivity index (χ4n) is 7.89. The molecule has 9 rings (SSSR count). The monoisotopic (exact) mass is 768 g/mol. The highest BCUT2D eigenvalue weighted by molar-refractivity contribution is 8.18. The van der Waals surface area contributed by atoms with Gasteiger partial charge >= 0.3 is 0 Å². The smallest absolute Gasteiger partial charge is 0.0792 e. The number of nitrogens with zero attached hydrogens (tertiary/aromatic N) is 2. The van der Waals surface area contributed by atoms with Crippen molar-refractivity contribution >= 4 is 93.4 Å². The second kappa shape index (κ2) is 15.7. The number of aromatic nitrogens is 4. The van der Waals surface area contributed by atoms with E-state index in [9.17, 15) is 0 Å². The van der Waals surface area contributed by atoms with Crippen LogP contribution in [0.4, 0.5) is 0 Å². The topological polar surface area (TPSA) is 57.4 Å². The lowest BCUT2D eigenvalue weighted by atomic mass is 9.99. The summed E-state index contributed by atoms with van der Waals surface area (Å²) in [5.41, 5.74) is 16.0. The molecule has 8 heteroatoms. The van der Waals surface area contributed by atoms with E-state index in [4.69, 9.17) is 9.97 Å². The Bertz CT molecular complexity index is 2190. The molecule has 268 valence electrons.